The summed E-state index contributed by atoms with van der Waals surface area (Å²) in [7, 11) is 0. The number of hydrogen-bond donors (Lipinski definition) is 1. The van der Waals surface area contributed by atoms with Gasteiger partial charge >= 0.3 is 5.97 Å². The summed E-state index contributed by atoms with van der Waals surface area (Å²) in [4.78, 5) is 26.3. The molecule has 2 rings (SSSR count). The molecule has 0 bridgehead atoms. The monoisotopic (exact) mass is 324 g/mol. The molecule has 1 amide bonds. The zero-order chi connectivity index (χ0) is 16.1. The normalized spacial score (nSPS) is 16.7. The van der Waals surface area contributed by atoms with Gasteiger partial charge in [-0.1, -0.05) is 24.4 Å². The Kier molecular flexibility index (Phi) is 5.66. The van der Waals surface area contributed by atoms with Crippen LogP contribution in [-0.4, -0.2) is 36.0 Å². The number of rotatable bonds is 3. The summed E-state index contributed by atoms with van der Waals surface area (Å²) >= 11 is 5.80. The highest BCUT2D eigenvalue weighted by molar-refractivity contribution is 6.31. The molecule has 1 aromatic rings. The Morgan fingerprint density at radius 3 is 2.45 bits per heavy atom. The van der Waals surface area contributed by atoms with Crippen molar-refractivity contribution in [1.29, 1.82) is 0 Å². The van der Waals surface area contributed by atoms with Crippen molar-refractivity contribution in [2.75, 3.05) is 18.8 Å². The molecular formula is C16H21ClN2O3. The predicted molar refractivity (Wildman–Crippen MR) is 85.8 cm³/mol. The quantitative estimate of drug-likeness (QED) is 0.685. The van der Waals surface area contributed by atoms with Crippen molar-refractivity contribution < 1.29 is 14.3 Å². The number of anilines is 1. The number of benzene rings is 1. The van der Waals surface area contributed by atoms with Gasteiger partial charge < -0.3 is 15.4 Å². The van der Waals surface area contributed by atoms with Crippen LogP contribution in [0.15, 0.2) is 18.2 Å². The first-order valence-electron chi connectivity index (χ1n) is 7.54. The fourth-order valence-electron chi connectivity index (χ4n) is 2.54. The van der Waals surface area contributed by atoms with Gasteiger partial charge in [-0.25, -0.2) is 4.79 Å². The first-order chi connectivity index (χ1) is 10.5. The Morgan fingerprint density at radius 2 is 1.86 bits per heavy atom. The van der Waals surface area contributed by atoms with Crippen LogP contribution in [0.4, 0.5) is 5.69 Å². The molecule has 120 valence electrons. The molecule has 0 saturated carbocycles. The molecular weight excluding hydrogens is 304 g/mol. The molecule has 2 N–H and O–H groups in total. The topological polar surface area (TPSA) is 72.6 Å². The molecule has 5 nitrogen and oxygen atoms in total. The maximum atomic E-state index is 12.4. The number of carbonyl (C=O) groups is 2. The minimum atomic E-state index is -0.819. The molecule has 1 atom stereocenters. The van der Waals surface area contributed by atoms with Gasteiger partial charge in [0.05, 0.1) is 5.56 Å². The Hall–Kier alpha value is -1.75. The molecule has 1 aliphatic rings. The van der Waals surface area contributed by atoms with E-state index in [2.05, 4.69) is 0 Å². The summed E-state index contributed by atoms with van der Waals surface area (Å²) in [6.07, 6.45) is 3.45. The molecule has 0 spiro atoms. The van der Waals surface area contributed by atoms with Crippen molar-refractivity contribution in [3.63, 3.8) is 0 Å². The summed E-state index contributed by atoms with van der Waals surface area (Å²) in [5.41, 5.74) is 6.22. The highest BCUT2D eigenvalue weighted by Gasteiger charge is 2.25. The molecule has 1 fully saturated rings. The SMILES string of the molecule is C[C@@H](OC(=O)c1ccc(Cl)cc1N)C(=O)N1CCCCCC1. The number of esters is 1. The third-order valence-corrected chi connectivity index (χ3v) is 4.02. The second-order valence-corrected chi connectivity index (χ2v) is 5.96. The zero-order valence-corrected chi connectivity index (χ0v) is 13.4. The largest absolute Gasteiger partial charge is 0.449 e. The van der Waals surface area contributed by atoms with E-state index in [9.17, 15) is 9.59 Å². The van der Waals surface area contributed by atoms with Gasteiger partial charge in [0.15, 0.2) is 6.10 Å². The average molecular weight is 325 g/mol. The van der Waals surface area contributed by atoms with Gasteiger partial charge in [0.1, 0.15) is 0 Å². The summed E-state index contributed by atoms with van der Waals surface area (Å²) in [5, 5.41) is 0.447. The molecule has 0 aromatic heterocycles. The maximum absolute atomic E-state index is 12.4. The minimum absolute atomic E-state index is 0.150. The number of nitrogens with two attached hydrogens (primary N) is 1. The van der Waals surface area contributed by atoms with Crippen LogP contribution in [0.1, 0.15) is 43.0 Å². The van der Waals surface area contributed by atoms with Crippen LogP contribution < -0.4 is 5.73 Å². The molecule has 0 unspecified atom stereocenters. The Labute approximate surface area is 135 Å². The van der Waals surface area contributed by atoms with E-state index in [-0.39, 0.29) is 17.2 Å². The van der Waals surface area contributed by atoms with E-state index in [1.54, 1.807) is 17.9 Å². The highest BCUT2D eigenvalue weighted by atomic mass is 35.5. The zero-order valence-electron chi connectivity index (χ0n) is 12.7. The third kappa shape index (κ3) is 4.13. The fourth-order valence-corrected chi connectivity index (χ4v) is 2.72. The van der Waals surface area contributed by atoms with Gasteiger partial charge in [-0.05, 0) is 38.0 Å². The van der Waals surface area contributed by atoms with Gasteiger partial charge in [-0.2, -0.15) is 0 Å². The smallest absolute Gasteiger partial charge is 0.341 e. The van der Waals surface area contributed by atoms with E-state index < -0.39 is 12.1 Å². The molecule has 22 heavy (non-hydrogen) atoms. The number of hydrogen-bond acceptors (Lipinski definition) is 4. The number of amides is 1. The number of nitrogens with zero attached hydrogens (tertiary/aromatic N) is 1. The van der Waals surface area contributed by atoms with Crippen LogP contribution in [0.25, 0.3) is 0 Å². The van der Waals surface area contributed by atoms with Crippen LogP contribution in [0.2, 0.25) is 5.02 Å². The van der Waals surface area contributed by atoms with Crippen molar-refractivity contribution in [3.8, 4) is 0 Å². The lowest BCUT2D eigenvalue weighted by Gasteiger charge is -2.24. The standard InChI is InChI=1S/C16H21ClN2O3/c1-11(15(20)19-8-4-2-3-5-9-19)22-16(21)13-7-6-12(17)10-14(13)18/h6-7,10-11H,2-5,8-9,18H2,1H3/t11-/m1/s1. The van der Waals surface area contributed by atoms with Crippen molar-refractivity contribution in [2.45, 2.75) is 38.7 Å². The summed E-state index contributed by atoms with van der Waals surface area (Å²) in [6, 6.07) is 4.55. The van der Waals surface area contributed by atoms with Crippen LogP contribution >= 0.6 is 11.6 Å². The lowest BCUT2D eigenvalue weighted by molar-refractivity contribution is -0.139. The number of ether oxygens (including phenoxy) is 1. The first kappa shape index (κ1) is 16.6. The molecule has 0 radical (unpaired) electrons. The Bertz CT molecular complexity index is 554. The van der Waals surface area contributed by atoms with Crippen LogP contribution in [-0.2, 0) is 9.53 Å². The number of halogens is 1. The molecule has 6 heteroatoms. The first-order valence-corrected chi connectivity index (χ1v) is 7.91. The minimum Gasteiger partial charge on any atom is -0.449 e. The molecule has 1 aliphatic heterocycles. The van der Waals surface area contributed by atoms with E-state index in [1.807, 2.05) is 0 Å². The number of nitrogen functional groups attached to an aromatic ring is 1. The van der Waals surface area contributed by atoms with E-state index in [1.165, 1.54) is 12.1 Å². The second-order valence-electron chi connectivity index (χ2n) is 5.52. The number of likely N-dealkylation sites (tertiary alicyclic amines) is 1. The average Bonchev–Trinajstić information content (AvgIpc) is 2.75. The van der Waals surface area contributed by atoms with Gasteiger partial charge in [-0.15, -0.1) is 0 Å². The van der Waals surface area contributed by atoms with E-state index in [0.717, 1.165) is 38.8 Å². The van der Waals surface area contributed by atoms with Crippen molar-refractivity contribution in [1.82, 2.24) is 4.90 Å². The van der Waals surface area contributed by atoms with E-state index in [4.69, 9.17) is 22.1 Å². The predicted octanol–water partition coefficient (Wildman–Crippen LogP) is 2.87. The van der Waals surface area contributed by atoms with E-state index in [0.29, 0.717) is 5.02 Å². The maximum Gasteiger partial charge on any atom is 0.341 e. The van der Waals surface area contributed by atoms with Crippen molar-refractivity contribution >= 4 is 29.2 Å². The van der Waals surface area contributed by atoms with Crippen LogP contribution in [0.5, 0.6) is 0 Å². The molecule has 1 aromatic carbocycles. The summed E-state index contributed by atoms with van der Waals surface area (Å²) in [5.74, 6) is -0.757. The van der Waals surface area contributed by atoms with Gasteiger partial charge in [0.2, 0.25) is 0 Å². The van der Waals surface area contributed by atoms with Gasteiger partial charge in [0.25, 0.3) is 5.91 Å². The summed E-state index contributed by atoms with van der Waals surface area (Å²) < 4.78 is 5.26. The highest BCUT2D eigenvalue weighted by Crippen LogP contribution is 2.20. The Morgan fingerprint density at radius 1 is 1.23 bits per heavy atom. The molecule has 1 saturated heterocycles. The Balaban J connectivity index is 1.99. The van der Waals surface area contributed by atoms with Crippen LogP contribution in [0.3, 0.4) is 0 Å². The van der Waals surface area contributed by atoms with Gasteiger partial charge in [-0.3, -0.25) is 4.79 Å². The lowest BCUT2D eigenvalue weighted by atomic mass is 10.2. The number of carbonyl (C=O) groups excluding carboxylic acids is 2. The lowest BCUT2D eigenvalue weighted by Crippen LogP contribution is -2.40. The summed E-state index contributed by atoms with van der Waals surface area (Å²) in [6.45, 7) is 3.05. The van der Waals surface area contributed by atoms with Crippen molar-refractivity contribution in [3.05, 3.63) is 28.8 Å². The fraction of sp³-hybridized carbons (Fsp3) is 0.500. The van der Waals surface area contributed by atoms with Crippen LogP contribution in [0, 0.1) is 0 Å². The second kappa shape index (κ2) is 7.49. The van der Waals surface area contributed by atoms with E-state index >= 15 is 0 Å². The van der Waals surface area contributed by atoms with Crippen molar-refractivity contribution in [2.24, 2.45) is 0 Å². The molecule has 1 heterocycles. The third-order valence-electron chi connectivity index (χ3n) is 3.78. The van der Waals surface area contributed by atoms with Gasteiger partial charge in [0, 0.05) is 23.8 Å². The molecule has 0 aliphatic carbocycles.